The Balaban J connectivity index is 0.000000755. The number of amides is 2. The molecule has 29 heavy (non-hydrogen) atoms. The summed E-state index contributed by atoms with van der Waals surface area (Å²) in [6.45, 7) is 7.42. The normalized spacial score (nSPS) is 15.5. The molecule has 10 heteroatoms. The van der Waals surface area contributed by atoms with Gasteiger partial charge in [0.05, 0.1) is 24.5 Å². The number of likely N-dealkylation sites (tertiary alicyclic amines) is 1. The molecule has 2 aromatic heterocycles. The maximum Gasteiger partial charge on any atom is 0.274 e. The van der Waals surface area contributed by atoms with Gasteiger partial charge in [0, 0.05) is 32.5 Å². The van der Waals surface area contributed by atoms with Crippen LogP contribution < -0.4 is 15.5 Å². The predicted octanol–water partition coefficient (Wildman–Crippen LogP) is 1.32. The second kappa shape index (κ2) is 8.80. The number of rotatable bonds is 3. The molecule has 0 radical (unpaired) electrons. The third-order valence-electron chi connectivity index (χ3n) is 4.36. The van der Waals surface area contributed by atoms with E-state index in [9.17, 15) is 9.59 Å². The van der Waals surface area contributed by atoms with Crippen LogP contribution in [0.2, 0.25) is 0 Å². The molecule has 4 rings (SSSR count). The number of carbonyl (C=O) groups excluding carboxylic acids is 2. The lowest BCUT2D eigenvalue weighted by Crippen LogP contribution is -2.57. The van der Waals surface area contributed by atoms with Crippen molar-refractivity contribution in [2.45, 2.75) is 33.2 Å². The zero-order valence-electron chi connectivity index (χ0n) is 17.1. The van der Waals surface area contributed by atoms with Crippen molar-refractivity contribution in [3.05, 3.63) is 30.0 Å². The number of fused-ring (bicyclic) bond motifs is 1. The van der Waals surface area contributed by atoms with Crippen LogP contribution >= 0.6 is 0 Å². The zero-order valence-corrected chi connectivity index (χ0v) is 17.1. The van der Waals surface area contributed by atoms with Gasteiger partial charge in [-0.2, -0.15) is 4.98 Å². The van der Waals surface area contributed by atoms with E-state index >= 15 is 0 Å². The highest BCUT2D eigenvalue weighted by molar-refractivity contribution is 6.00. The highest BCUT2D eigenvalue weighted by atomic mass is 16.2. The van der Waals surface area contributed by atoms with E-state index < -0.39 is 0 Å². The van der Waals surface area contributed by atoms with Gasteiger partial charge in [-0.05, 0) is 6.92 Å². The fraction of sp³-hybridized carbons (Fsp3) is 0.474. The number of anilines is 3. The summed E-state index contributed by atoms with van der Waals surface area (Å²) in [4.78, 5) is 44.3. The van der Waals surface area contributed by atoms with Gasteiger partial charge in [0.1, 0.15) is 11.4 Å². The molecule has 2 N–H and O–H groups in total. The van der Waals surface area contributed by atoms with Crippen LogP contribution in [0.5, 0.6) is 0 Å². The summed E-state index contributed by atoms with van der Waals surface area (Å²) in [5.41, 5.74) is 1.68. The Labute approximate surface area is 169 Å². The van der Waals surface area contributed by atoms with Gasteiger partial charge in [-0.3, -0.25) is 14.6 Å². The Morgan fingerprint density at radius 3 is 2.66 bits per heavy atom. The number of nitrogens with zero attached hydrogens (tertiary/aromatic N) is 6. The Bertz CT molecular complexity index is 883. The van der Waals surface area contributed by atoms with Gasteiger partial charge in [0.15, 0.2) is 5.82 Å². The van der Waals surface area contributed by atoms with Crippen molar-refractivity contribution in [2.24, 2.45) is 0 Å². The lowest BCUT2D eigenvalue weighted by atomic mass is 10.1. The van der Waals surface area contributed by atoms with Gasteiger partial charge in [0.2, 0.25) is 11.9 Å². The maximum absolute atomic E-state index is 12.3. The third-order valence-corrected chi connectivity index (χ3v) is 4.36. The van der Waals surface area contributed by atoms with E-state index in [1.165, 1.54) is 25.0 Å². The molecular weight excluding hydrogens is 372 g/mol. The van der Waals surface area contributed by atoms with Gasteiger partial charge in [-0.15, -0.1) is 0 Å². The van der Waals surface area contributed by atoms with Gasteiger partial charge in [-0.1, -0.05) is 20.3 Å². The van der Waals surface area contributed by atoms with E-state index in [0.29, 0.717) is 41.9 Å². The number of aromatic nitrogens is 4. The first-order valence-electron chi connectivity index (χ1n) is 9.64. The fourth-order valence-corrected chi connectivity index (χ4v) is 3.00. The molecule has 4 heterocycles. The van der Waals surface area contributed by atoms with Crippen molar-refractivity contribution >= 4 is 29.3 Å². The van der Waals surface area contributed by atoms with Crippen LogP contribution in [0.4, 0.5) is 17.5 Å². The molecule has 1 fully saturated rings. The molecule has 0 bridgehead atoms. The molecule has 2 aliphatic rings. The van der Waals surface area contributed by atoms with Gasteiger partial charge in [0.25, 0.3) is 5.91 Å². The molecule has 1 saturated heterocycles. The van der Waals surface area contributed by atoms with Crippen LogP contribution in [0, 0.1) is 6.92 Å². The number of carbonyl (C=O) groups is 2. The largest absolute Gasteiger partial charge is 0.348 e. The lowest BCUT2D eigenvalue weighted by molar-refractivity contribution is -0.115. The minimum Gasteiger partial charge on any atom is -0.348 e. The minimum absolute atomic E-state index is 0.0663. The number of hydrogen-bond acceptors (Lipinski definition) is 8. The number of nitrogens with one attached hydrogen (secondary N) is 2. The molecule has 10 nitrogen and oxygen atoms in total. The summed E-state index contributed by atoms with van der Waals surface area (Å²) in [5.74, 6) is 0.956. The molecule has 0 unspecified atom stereocenters. The molecule has 0 aromatic carbocycles. The van der Waals surface area contributed by atoms with Crippen LogP contribution in [0.25, 0.3) is 0 Å². The Hall–Kier alpha value is -3.30. The minimum atomic E-state index is -0.138. The molecule has 2 aromatic rings. The molecule has 0 atom stereocenters. The second-order valence-electron chi connectivity index (χ2n) is 7.08. The molecule has 2 amide bonds. The predicted molar refractivity (Wildman–Crippen MR) is 110 cm³/mol. The molecule has 0 spiro atoms. The van der Waals surface area contributed by atoms with Crippen molar-refractivity contribution in [3.8, 4) is 0 Å². The van der Waals surface area contributed by atoms with Crippen LogP contribution in [0.3, 0.4) is 0 Å². The summed E-state index contributed by atoms with van der Waals surface area (Å²) < 4.78 is 0. The SMILES string of the molecule is CCC.Cc1nc(NC2CN(C(=O)c3cnccn3)C2)nc2c1NC(=O)CN2C. The van der Waals surface area contributed by atoms with Crippen molar-refractivity contribution in [2.75, 3.05) is 42.2 Å². The number of aryl methyl sites for hydroxylation is 1. The van der Waals surface area contributed by atoms with Crippen LogP contribution in [-0.4, -0.2) is 69.4 Å². The first-order valence-corrected chi connectivity index (χ1v) is 9.64. The maximum atomic E-state index is 12.3. The molecule has 0 saturated carbocycles. The van der Waals surface area contributed by atoms with E-state index in [1.54, 1.807) is 9.80 Å². The summed E-state index contributed by atoms with van der Waals surface area (Å²) in [5, 5.41) is 6.05. The Morgan fingerprint density at radius 2 is 2.00 bits per heavy atom. The van der Waals surface area contributed by atoms with Crippen molar-refractivity contribution in [3.63, 3.8) is 0 Å². The first kappa shape index (κ1) is 20.4. The quantitative estimate of drug-likeness (QED) is 0.795. The van der Waals surface area contributed by atoms with E-state index in [4.69, 9.17) is 0 Å². The smallest absolute Gasteiger partial charge is 0.274 e. The van der Waals surface area contributed by atoms with Crippen molar-refractivity contribution in [1.29, 1.82) is 0 Å². The highest BCUT2D eigenvalue weighted by Gasteiger charge is 2.33. The fourth-order valence-electron chi connectivity index (χ4n) is 3.00. The summed E-state index contributed by atoms with van der Waals surface area (Å²) in [6, 6.07) is 0.0663. The third kappa shape index (κ3) is 4.58. The van der Waals surface area contributed by atoms with E-state index in [2.05, 4.69) is 44.4 Å². The average Bonchev–Trinajstić information content (AvgIpc) is 2.66. The van der Waals surface area contributed by atoms with Crippen LogP contribution in [0.15, 0.2) is 18.6 Å². The van der Waals surface area contributed by atoms with Crippen LogP contribution in [-0.2, 0) is 4.79 Å². The molecule has 2 aliphatic heterocycles. The average molecular weight is 398 g/mol. The van der Waals surface area contributed by atoms with Gasteiger partial charge in [-0.25, -0.2) is 9.97 Å². The number of hydrogen-bond donors (Lipinski definition) is 2. The van der Waals surface area contributed by atoms with Crippen molar-refractivity contribution < 1.29 is 9.59 Å². The highest BCUT2D eigenvalue weighted by Crippen LogP contribution is 2.30. The summed E-state index contributed by atoms with van der Waals surface area (Å²) >= 11 is 0. The van der Waals surface area contributed by atoms with E-state index in [1.807, 2.05) is 14.0 Å². The van der Waals surface area contributed by atoms with E-state index in [0.717, 1.165) is 0 Å². The molecular formula is C19H26N8O2. The van der Waals surface area contributed by atoms with Gasteiger partial charge < -0.3 is 20.4 Å². The summed E-state index contributed by atoms with van der Waals surface area (Å²) in [7, 11) is 1.82. The molecule has 154 valence electrons. The number of likely N-dealkylation sites (N-methyl/N-ethyl adjacent to an activating group) is 1. The topological polar surface area (TPSA) is 116 Å². The lowest BCUT2D eigenvalue weighted by Gasteiger charge is -2.39. The van der Waals surface area contributed by atoms with Gasteiger partial charge >= 0.3 is 0 Å². The monoisotopic (exact) mass is 398 g/mol. The zero-order chi connectivity index (χ0) is 21.0. The van der Waals surface area contributed by atoms with E-state index in [-0.39, 0.29) is 24.4 Å². The Kier molecular flexibility index (Phi) is 6.20. The standard InChI is InChI=1S/C16H18N8O2.C3H8/c1-9-13-14(23(2)8-12(25)21-13)22-16(19-9)20-10-6-24(7-10)15(26)11-5-17-3-4-18-11;1-3-2/h3-5,10H,6-8H2,1-2H3,(H,21,25)(H,19,20,22);3H2,1-2H3. The van der Waals surface area contributed by atoms with Crippen LogP contribution in [0.1, 0.15) is 36.5 Å². The van der Waals surface area contributed by atoms with Crippen molar-refractivity contribution in [1.82, 2.24) is 24.8 Å². The Morgan fingerprint density at radius 1 is 1.28 bits per heavy atom. The first-order chi connectivity index (χ1) is 13.9. The molecule has 0 aliphatic carbocycles. The second-order valence-corrected chi connectivity index (χ2v) is 7.08. The summed E-state index contributed by atoms with van der Waals surface area (Å²) in [6.07, 6.45) is 5.75.